The third-order valence-electron chi connectivity index (χ3n) is 2.31. The molecule has 2 atom stereocenters. The summed E-state index contributed by atoms with van der Waals surface area (Å²) in [6.07, 6.45) is -0.415. The van der Waals surface area contributed by atoms with Crippen molar-refractivity contribution in [3.63, 3.8) is 0 Å². The molecule has 0 saturated carbocycles. The summed E-state index contributed by atoms with van der Waals surface area (Å²) >= 11 is 0. The summed E-state index contributed by atoms with van der Waals surface area (Å²) in [6.45, 7) is 18.3. The minimum Gasteiger partial charge on any atom is -0.547 e. The second-order valence-electron chi connectivity index (χ2n) is 6.28. The van der Waals surface area contributed by atoms with Crippen LogP contribution in [0.1, 0.15) is 27.7 Å². The first kappa shape index (κ1) is 14.7. The van der Waals surface area contributed by atoms with Crippen molar-refractivity contribution in [3.8, 4) is 0 Å². The van der Waals surface area contributed by atoms with Crippen molar-refractivity contribution >= 4 is 8.32 Å². The number of hydrogen-bond donors (Lipinski definition) is 1. The molecule has 0 aromatic carbocycles. The molecule has 0 bridgehead atoms. The normalized spacial score (nSPS) is 17.1. The summed E-state index contributed by atoms with van der Waals surface area (Å²) in [7, 11) is -1.60. The highest BCUT2D eigenvalue weighted by Gasteiger charge is 2.31. The second kappa shape index (κ2) is 4.70. The van der Waals surface area contributed by atoms with Crippen LogP contribution in [-0.2, 0) is 4.43 Å². The van der Waals surface area contributed by atoms with E-state index in [0.29, 0.717) is 0 Å². The van der Waals surface area contributed by atoms with Crippen LogP contribution >= 0.6 is 0 Å². The second-order valence-corrected chi connectivity index (χ2v) is 10.7. The molecule has 90 valence electrons. The number of hydrogen-bond acceptors (Lipinski definition) is 2. The van der Waals surface area contributed by atoms with Crippen molar-refractivity contribution in [1.29, 1.82) is 0 Å². The van der Waals surface area contributed by atoms with Crippen LogP contribution in [0.4, 0.5) is 0 Å². The molecule has 0 aliphatic rings. The van der Waals surface area contributed by atoms with E-state index in [4.69, 9.17) is 4.43 Å². The molecule has 0 heterocycles. The summed E-state index contributed by atoms with van der Waals surface area (Å²) in [5.74, 6) is 0.702. The lowest BCUT2D eigenvalue weighted by atomic mass is 9.81. The fourth-order valence-electron chi connectivity index (χ4n) is 1.41. The first-order chi connectivity index (χ1) is 6.45. The van der Waals surface area contributed by atoms with E-state index in [2.05, 4.69) is 26.2 Å². The highest BCUT2D eigenvalue weighted by atomic mass is 28.4. The Bertz CT molecular complexity index is 223. The molecule has 3 heteroatoms. The first-order valence-electron chi connectivity index (χ1n) is 5.51. The topological polar surface area (TPSA) is 29.5 Å². The molecule has 0 spiro atoms. The Morgan fingerprint density at radius 3 is 1.93 bits per heavy atom. The van der Waals surface area contributed by atoms with Crippen LogP contribution in [0, 0.1) is 11.3 Å². The van der Waals surface area contributed by atoms with Crippen LogP contribution in [0.3, 0.4) is 0 Å². The summed E-state index contributed by atoms with van der Waals surface area (Å²) in [5, 5.41) is 10.1. The van der Waals surface area contributed by atoms with Gasteiger partial charge in [-0.1, -0.05) is 34.3 Å². The lowest BCUT2D eigenvalue weighted by Gasteiger charge is -2.34. The fourth-order valence-corrected chi connectivity index (χ4v) is 2.38. The molecule has 0 aromatic heterocycles. The maximum absolute atomic E-state index is 10.1. The Morgan fingerprint density at radius 2 is 1.67 bits per heavy atom. The number of rotatable bonds is 4. The van der Waals surface area contributed by atoms with Crippen molar-refractivity contribution in [1.82, 2.24) is 0 Å². The molecule has 0 aromatic rings. The van der Waals surface area contributed by atoms with Gasteiger partial charge in [0.25, 0.3) is 0 Å². The van der Waals surface area contributed by atoms with Crippen molar-refractivity contribution in [3.05, 3.63) is 12.3 Å². The lowest BCUT2D eigenvalue weighted by molar-refractivity contribution is 0.0190. The van der Waals surface area contributed by atoms with E-state index in [1.165, 1.54) is 0 Å². The summed E-state index contributed by atoms with van der Waals surface area (Å²) in [5.41, 5.74) is -0.134. The Balaban J connectivity index is 4.46. The third-order valence-corrected chi connectivity index (χ3v) is 3.18. The SMILES string of the molecule is C=C(O[Si](C)(C)C)[C@@H](C)[C@@H](O)C(C)(C)C. The maximum Gasteiger partial charge on any atom is 0.241 e. The van der Waals surface area contributed by atoms with Crippen LogP contribution in [0.15, 0.2) is 12.3 Å². The Kier molecular flexibility index (Phi) is 4.61. The number of aliphatic hydroxyl groups is 1. The standard InChI is InChI=1S/C12H26O2Si/c1-9(11(13)12(3,4)5)10(2)14-15(6,7)8/h9,11,13H,2H2,1,3-8H3/t9-,11-/m1/s1. The molecule has 0 rings (SSSR count). The van der Waals surface area contributed by atoms with Gasteiger partial charge in [0, 0.05) is 5.92 Å². The molecule has 0 radical (unpaired) electrons. The van der Waals surface area contributed by atoms with Gasteiger partial charge in [0.05, 0.1) is 11.9 Å². The molecule has 0 aliphatic carbocycles. The average molecular weight is 230 g/mol. The van der Waals surface area contributed by atoms with E-state index in [0.717, 1.165) is 5.76 Å². The van der Waals surface area contributed by atoms with Crippen LogP contribution in [0.25, 0.3) is 0 Å². The molecule has 0 unspecified atom stereocenters. The van der Waals surface area contributed by atoms with Gasteiger partial charge >= 0.3 is 0 Å². The highest BCUT2D eigenvalue weighted by molar-refractivity contribution is 6.70. The third kappa shape index (κ3) is 5.38. The van der Waals surface area contributed by atoms with Gasteiger partial charge in [-0.2, -0.15) is 0 Å². The average Bonchev–Trinajstić information content (AvgIpc) is 1.96. The van der Waals surface area contributed by atoms with E-state index >= 15 is 0 Å². The van der Waals surface area contributed by atoms with Crippen LogP contribution in [0.2, 0.25) is 19.6 Å². The van der Waals surface area contributed by atoms with E-state index in [1.807, 2.05) is 27.7 Å². The van der Waals surface area contributed by atoms with Crippen LogP contribution in [0.5, 0.6) is 0 Å². The molecule has 2 nitrogen and oxygen atoms in total. The minimum absolute atomic E-state index is 0.0169. The van der Waals surface area contributed by atoms with Gasteiger partial charge in [-0.3, -0.25) is 0 Å². The summed E-state index contributed by atoms with van der Waals surface area (Å²) in [6, 6.07) is 0. The maximum atomic E-state index is 10.1. The molecule has 0 saturated heterocycles. The molecular formula is C12H26O2Si. The van der Waals surface area contributed by atoms with Crippen molar-refractivity contribution in [2.75, 3.05) is 0 Å². The predicted molar refractivity (Wildman–Crippen MR) is 68.2 cm³/mol. The Labute approximate surface area is 95.5 Å². The molecular weight excluding hydrogens is 204 g/mol. The molecule has 0 fully saturated rings. The molecule has 0 aliphatic heterocycles. The van der Waals surface area contributed by atoms with E-state index < -0.39 is 14.4 Å². The van der Waals surface area contributed by atoms with E-state index in [9.17, 15) is 5.11 Å². The first-order valence-corrected chi connectivity index (χ1v) is 8.92. The van der Waals surface area contributed by atoms with Crippen LogP contribution in [-0.4, -0.2) is 19.5 Å². The van der Waals surface area contributed by atoms with Gasteiger partial charge in [0.1, 0.15) is 0 Å². The van der Waals surface area contributed by atoms with Crippen molar-refractivity contribution in [2.24, 2.45) is 11.3 Å². The van der Waals surface area contributed by atoms with Crippen molar-refractivity contribution < 1.29 is 9.53 Å². The molecule has 1 N–H and O–H groups in total. The minimum atomic E-state index is -1.60. The Hall–Kier alpha value is -0.283. The fraction of sp³-hybridized carbons (Fsp3) is 0.833. The van der Waals surface area contributed by atoms with Crippen LogP contribution < -0.4 is 0 Å². The zero-order valence-electron chi connectivity index (χ0n) is 11.2. The zero-order chi connectivity index (χ0) is 12.4. The van der Waals surface area contributed by atoms with E-state index in [-0.39, 0.29) is 11.3 Å². The van der Waals surface area contributed by atoms with Gasteiger partial charge in [-0.05, 0) is 25.1 Å². The molecule has 0 amide bonds. The molecule has 15 heavy (non-hydrogen) atoms. The van der Waals surface area contributed by atoms with Gasteiger partial charge in [0.15, 0.2) is 0 Å². The monoisotopic (exact) mass is 230 g/mol. The Morgan fingerprint density at radius 1 is 1.27 bits per heavy atom. The number of aliphatic hydroxyl groups excluding tert-OH is 1. The van der Waals surface area contributed by atoms with Gasteiger partial charge in [-0.25, -0.2) is 0 Å². The predicted octanol–water partition coefficient (Wildman–Crippen LogP) is 3.39. The van der Waals surface area contributed by atoms with Crippen molar-refractivity contribution in [2.45, 2.75) is 53.4 Å². The van der Waals surface area contributed by atoms with Gasteiger partial charge in [-0.15, -0.1) is 0 Å². The summed E-state index contributed by atoms with van der Waals surface area (Å²) in [4.78, 5) is 0. The lowest BCUT2D eigenvalue weighted by Crippen LogP contribution is -2.36. The van der Waals surface area contributed by atoms with E-state index in [1.54, 1.807) is 0 Å². The quantitative estimate of drug-likeness (QED) is 0.592. The summed E-state index contributed by atoms with van der Waals surface area (Å²) < 4.78 is 5.80. The zero-order valence-corrected chi connectivity index (χ0v) is 12.2. The van der Waals surface area contributed by atoms with Gasteiger partial charge < -0.3 is 9.53 Å². The van der Waals surface area contributed by atoms with Gasteiger partial charge in [0.2, 0.25) is 8.32 Å². The smallest absolute Gasteiger partial charge is 0.241 e. The highest BCUT2D eigenvalue weighted by Crippen LogP contribution is 2.30. The largest absolute Gasteiger partial charge is 0.547 e.